The average molecular weight is 358 g/mol. The van der Waals surface area contributed by atoms with E-state index >= 15 is 0 Å². The summed E-state index contributed by atoms with van der Waals surface area (Å²) in [6.07, 6.45) is -1.000. The number of rotatable bonds is 8. The number of ether oxygens (including phenoxy) is 4. The zero-order chi connectivity index (χ0) is 17.9. The summed E-state index contributed by atoms with van der Waals surface area (Å²) in [6, 6.07) is -0.905. The van der Waals surface area contributed by atoms with Gasteiger partial charge in [0.25, 0.3) is 0 Å². The number of hydrogen-bond donors (Lipinski definition) is 0. The van der Waals surface area contributed by atoms with Crippen molar-refractivity contribution in [2.24, 2.45) is 5.92 Å². The Kier molecular flexibility index (Phi) is 7.38. The zero-order valence-corrected chi connectivity index (χ0v) is 15.5. The topological polar surface area (TPSA) is 72.5 Å². The molecule has 10 heteroatoms. The van der Waals surface area contributed by atoms with Crippen LogP contribution < -0.4 is 0 Å². The first-order valence-corrected chi connectivity index (χ1v) is 10.0. The van der Waals surface area contributed by atoms with E-state index in [1.54, 1.807) is 14.2 Å². The van der Waals surface area contributed by atoms with Crippen molar-refractivity contribution < 1.29 is 32.6 Å². The van der Waals surface area contributed by atoms with Gasteiger partial charge in [0.05, 0.1) is 25.4 Å². The molecule has 0 saturated carbocycles. The largest absolute Gasteiger partial charge is 0.382 e. The molecule has 0 amide bonds. The van der Waals surface area contributed by atoms with Gasteiger partial charge in [-0.25, -0.2) is 0 Å². The molecule has 24 heavy (non-hydrogen) atoms. The first kappa shape index (κ1) is 20.4. The van der Waals surface area contributed by atoms with E-state index in [-0.39, 0.29) is 24.7 Å². The van der Waals surface area contributed by atoms with E-state index in [1.165, 1.54) is 6.66 Å². The molecule has 7 nitrogen and oxygen atoms in total. The lowest BCUT2D eigenvalue weighted by atomic mass is 9.86. The van der Waals surface area contributed by atoms with Crippen LogP contribution in [0, 0.1) is 5.92 Å². The van der Waals surface area contributed by atoms with Crippen molar-refractivity contribution in [3.63, 3.8) is 0 Å². The third-order valence-corrected chi connectivity index (χ3v) is 5.64. The van der Waals surface area contributed by atoms with Crippen LogP contribution in [0.2, 0.25) is 0 Å². The van der Waals surface area contributed by atoms with Crippen LogP contribution in [0.25, 0.3) is 0 Å². The Hall–Kier alpha value is 0.120. The Balaban J connectivity index is 1.88. The molecule has 134 valence electrons. The van der Waals surface area contributed by atoms with E-state index in [4.69, 9.17) is 43.7 Å². The Bertz CT molecular complexity index is 455. The van der Waals surface area contributed by atoms with Crippen LogP contribution in [-0.2, 0) is 32.6 Å². The molecule has 0 aromatic rings. The molecule has 0 aliphatic carbocycles. The standard InChI is InChI=1S/C14H25B2O7P/c1-8-13(19-3)11(22-14(8)16)7-20-24(4,17)23-9-5-12(15)21-10(9)6-18-2/h8-14H,5-7H2,1-4H3/t8-,9?,10+,11+,12+,13?,14+,24?/m0/s1. The fourth-order valence-electron chi connectivity index (χ4n) is 3.08. The highest BCUT2D eigenvalue weighted by molar-refractivity contribution is 7.53. The lowest BCUT2D eigenvalue weighted by Gasteiger charge is -2.25. The highest BCUT2D eigenvalue weighted by Crippen LogP contribution is 2.48. The van der Waals surface area contributed by atoms with Crippen LogP contribution in [0.3, 0.4) is 0 Å². The molecule has 2 heterocycles. The number of hydrogen-bond acceptors (Lipinski definition) is 7. The van der Waals surface area contributed by atoms with Gasteiger partial charge in [-0.3, -0.25) is 4.57 Å². The summed E-state index contributed by atoms with van der Waals surface area (Å²) >= 11 is 0. The van der Waals surface area contributed by atoms with Gasteiger partial charge in [0, 0.05) is 38.8 Å². The number of methoxy groups -OCH3 is 2. The van der Waals surface area contributed by atoms with Crippen LogP contribution in [0.15, 0.2) is 0 Å². The lowest BCUT2D eigenvalue weighted by Crippen LogP contribution is -2.32. The summed E-state index contributed by atoms with van der Waals surface area (Å²) in [5.74, 6) is 0.0214. The summed E-state index contributed by atoms with van der Waals surface area (Å²) in [5, 5.41) is 0. The monoisotopic (exact) mass is 358 g/mol. The van der Waals surface area contributed by atoms with Crippen LogP contribution in [0.1, 0.15) is 13.3 Å². The van der Waals surface area contributed by atoms with Gasteiger partial charge >= 0.3 is 7.60 Å². The van der Waals surface area contributed by atoms with Gasteiger partial charge in [0.1, 0.15) is 27.9 Å². The third-order valence-electron chi connectivity index (χ3n) is 4.37. The fraction of sp³-hybridized carbons (Fsp3) is 1.00. The minimum Gasteiger partial charge on any atom is -0.382 e. The molecule has 2 aliphatic heterocycles. The lowest BCUT2D eigenvalue weighted by molar-refractivity contribution is -0.0298. The van der Waals surface area contributed by atoms with E-state index in [9.17, 15) is 4.57 Å². The summed E-state index contributed by atoms with van der Waals surface area (Å²) in [6.45, 7) is 3.73. The van der Waals surface area contributed by atoms with E-state index in [0.717, 1.165) is 0 Å². The van der Waals surface area contributed by atoms with E-state index in [1.807, 2.05) is 6.92 Å². The van der Waals surface area contributed by atoms with Crippen molar-refractivity contribution in [2.45, 2.75) is 49.8 Å². The minimum absolute atomic E-state index is 0.0214. The molecule has 0 spiro atoms. The molecule has 2 fully saturated rings. The second kappa shape index (κ2) is 8.67. The molecule has 2 saturated heterocycles. The van der Waals surface area contributed by atoms with Crippen molar-refractivity contribution >= 4 is 23.3 Å². The zero-order valence-electron chi connectivity index (χ0n) is 14.6. The average Bonchev–Trinajstić information content (AvgIpc) is 2.97. The first-order chi connectivity index (χ1) is 11.3. The smallest absolute Gasteiger partial charge is 0.328 e. The van der Waals surface area contributed by atoms with Gasteiger partial charge < -0.3 is 28.0 Å². The normalized spacial score (nSPS) is 42.2. The van der Waals surface area contributed by atoms with Crippen LogP contribution in [-0.4, -0.2) is 86.2 Å². The molecule has 3 unspecified atom stereocenters. The Labute approximate surface area is 146 Å². The van der Waals surface area contributed by atoms with Gasteiger partial charge in [0.15, 0.2) is 0 Å². The molecule has 0 aromatic carbocycles. The molecular weight excluding hydrogens is 333 g/mol. The van der Waals surface area contributed by atoms with Crippen molar-refractivity contribution in [3.8, 4) is 0 Å². The van der Waals surface area contributed by atoms with Crippen LogP contribution >= 0.6 is 7.60 Å². The molecular formula is C14H25B2O7P. The second-order valence-electron chi connectivity index (χ2n) is 6.31. The van der Waals surface area contributed by atoms with Crippen LogP contribution in [0.4, 0.5) is 0 Å². The van der Waals surface area contributed by atoms with E-state index in [2.05, 4.69) is 0 Å². The predicted octanol–water partition coefficient (Wildman–Crippen LogP) is 0.685. The van der Waals surface area contributed by atoms with Crippen molar-refractivity contribution in [1.29, 1.82) is 0 Å². The fourth-order valence-corrected chi connectivity index (χ4v) is 4.28. The summed E-state index contributed by atoms with van der Waals surface area (Å²) in [5.41, 5.74) is 0. The maximum absolute atomic E-state index is 12.6. The Morgan fingerprint density at radius 3 is 2.50 bits per heavy atom. The molecule has 4 radical (unpaired) electrons. The first-order valence-electron chi connectivity index (χ1n) is 8.01. The predicted molar refractivity (Wildman–Crippen MR) is 89.6 cm³/mol. The summed E-state index contributed by atoms with van der Waals surface area (Å²) in [4.78, 5) is 0. The highest BCUT2D eigenvalue weighted by Gasteiger charge is 2.42. The Morgan fingerprint density at radius 1 is 1.17 bits per heavy atom. The molecule has 2 aliphatic rings. The van der Waals surface area contributed by atoms with Crippen molar-refractivity contribution in [3.05, 3.63) is 0 Å². The van der Waals surface area contributed by atoms with Gasteiger partial charge in [-0.05, 0) is 6.42 Å². The van der Waals surface area contributed by atoms with Crippen LogP contribution in [0.5, 0.6) is 0 Å². The van der Waals surface area contributed by atoms with E-state index in [0.29, 0.717) is 13.0 Å². The highest BCUT2D eigenvalue weighted by atomic mass is 31.2. The quantitative estimate of drug-likeness (QED) is 0.467. The Morgan fingerprint density at radius 2 is 1.88 bits per heavy atom. The van der Waals surface area contributed by atoms with Gasteiger partial charge in [-0.2, -0.15) is 0 Å². The van der Waals surface area contributed by atoms with Gasteiger partial charge in [-0.15, -0.1) is 0 Å². The molecule has 2 rings (SSSR count). The summed E-state index contributed by atoms with van der Waals surface area (Å²) in [7, 11) is 11.5. The SMILES string of the molecule is [B][C@@H]1O[C@H](COP(C)(=O)OC2C[C@H]([B])O[C@@H]2COC)C(OC)[C@@H]1C. The molecule has 8 atom stereocenters. The van der Waals surface area contributed by atoms with E-state index < -0.39 is 31.8 Å². The van der Waals surface area contributed by atoms with Gasteiger partial charge in [-0.1, -0.05) is 6.92 Å². The van der Waals surface area contributed by atoms with Gasteiger partial charge in [0.2, 0.25) is 0 Å². The third kappa shape index (κ3) is 5.07. The summed E-state index contributed by atoms with van der Waals surface area (Å²) < 4.78 is 45.3. The molecule has 0 aromatic heterocycles. The van der Waals surface area contributed by atoms with Crippen molar-refractivity contribution in [1.82, 2.24) is 0 Å². The minimum atomic E-state index is -3.33. The van der Waals surface area contributed by atoms with Crippen molar-refractivity contribution in [2.75, 3.05) is 34.1 Å². The maximum Gasteiger partial charge on any atom is 0.328 e. The maximum atomic E-state index is 12.6. The second-order valence-corrected chi connectivity index (χ2v) is 8.33. The molecule has 0 N–H and O–H groups in total. The molecule has 0 bridgehead atoms.